The standard InChI is InChI=1S/C20H29NO2/c1-21-15-8-11-18(21)12-16-23-19(22)20(13-6-3-7-14-20)17-9-4-2-5-10-17/h2,4-5,9-10,18H,3,6-8,11-16H2,1H3. The number of hydrogen-bond acceptors (Lipinski definition) is 3. The van der Waals surface area contributed by atoms with Crippen molar-refractivity contribution in [3.63, 3.8) is 0 Å². The molecular weight excluding hydrogens is 286 g/mol. The minimum atomic E-state index is -0.402. The van der Waals surface area contributed by atoms with Gasteiger partial charge in [0.25, 0.3) is 0 Å². The highest BCUT2D eigenvalue weighted by Crippen LogP contribution is 2.40. The maximum atomic E-state index is 12.9. The minimum absolute atomic E-state index is 0.00375. The van der Waals surface area contributed by atoms with Crippen LogP contribution in [-0.4, -0.2) is 37.1 Å². The van der Waals surface area contributed by atoms with Crippen molar-refractivity contribution in [3.05, 3.63) is 35.9 Å². The summed E-state index contributed by atoms with van der Waals surface area (Å²) in [5.41, 5.74) is 0.740. The zero-order valence-corrected chi connectivity index (χ0v) is 14.3. The summed E-state index contributed by atoms with van der Waals surface area (Å²) in [6.07, 6.45) is 8.80. The molecule has 0 radical (unpaired) electrons. The predicted octanol–water partition coefficient (Wildman–Crippen LogP) is 3.92. The van der Waals surface area contributed by atoms with Crippen molar-refractivity contribution in [1.82, 2.24) is 4.90 Å². The Morgan fingerprint density at radius 1 is 1.17 bits per heavy atom. The van der Waals surface area contributed by atoms with Gasteiger partial charge in [-0.3, -0.25) is 4.79 Å². The highest BCUT2D eigenvalue weighted by Gasteiger charge is 2.42. The van der Waals surface area contributed by atoms with Gasteiger partial charge in [-0.1, -0.05) is 49.6 Å². The van der Waals surface area contributed by atoms with Crippen LogP contribution in [0.3, 0.4) is 0 Å². The van der Waals surface area contributed by atoms with E-state index in [-0.39, 0.29) is 5.97 Å². The number of likely N-dealkylation sites (tertiary alicyclic amines) is 1. The molecule has 1 saturated heterocycles. The van der Waals surface area contributed by atoms with E-state index in [1.807, 2.05) is 18.2 Å². The SMILES string of the molecule is CN1CCCC1CCOC(=O)C1(c2ccccc2)CCCCC1. The summed E-state index contributed by atoms with van der Waals surface area (Å²) in [4.78, 5) is 15.3. The summed E-state index contributed by atoms with van der Waals surface area (Å²) in [7, 11) is 2.17. The van der Waals surface area contributed by atoms with E-state index in [0.717, 1.165) is 37.7 Å². The molecule has 0 spiro atoms. The molecule has 1 aromatic carbocycles. The molecule has 2 aliphatic rings. The van der Waals surface area contributed by atoms with Crippen molar-refractivity contribution in [2.75, 3.05) is 20.2 Å². The first-order chi connectivity index (χ1) is 11.2. The van der Waals surface area contributed by atoms with Crippen LogP contribution in [0.4, 0.5) is 0 Å². The van der Waals surface area contributed by atoms with Gasteiger partial charge in [0.05, 0.1) is 12.0 Å². The van der Waals surface area contributed by atoms with Crippen LogP contribution >= 0.6 is 0 Å². The molecule has 3 nitrogen and oxygen atoms in total. The molecule has 1 atom stereocenters. The lowest BCUT2D eigenvalue weighted by molar-refractivity contribution is -0.152. The molecule has 1 aliphatic heterocycles. The van der Waals surface area contributed by atoms with E-state index in [2.05, 4.69) is 24.1 Å². The molecule has 1 unspecified atom stereocenters. The fourth-order valence-electron chi connectivity index (χ4n) is 4.29. The molecule has 0 aromatic heterocycles. The van der Waals surface area contributed by atoms with Crippen LogP contribution in [0.2, 0.25) is 0 Å². The molecule has 3 heteroatoms. The zero-order valence-electron chi connectivity index (χ0n) is 14.3. The van der Waals surface area contributed by atoms with E-state index in [1.165, 1.54) is 25.8 Å². The predicted molar refractivity (Wildman–Crippen MR) is 92.4 cm³/mol. The Labute approximate surface area is 140 Å². The number of ether oxygens (including phenoxy) is 1. The lowest BCUT2D eigenvalue weighted by Gasteiger charge is -2.35. The van der Waals surface area contributed by atoms with Gasteiger partial charge in [-0.15, -0.1) is 0 Å². The summed E-state index contributed by atoms with van der Waals surface area (Å²) >= 11 is 0. The van der Waals surface area contributed by atoms with Crippen LogP contribution in [-0.2, 0) is 14.9 Å². The number of rotatable bonds is 5. The van der Waals surface area contributed by atoms with Gasteiger partial charge in [-0.05, 0) is 51.3 Å². The van der Waals surface area contributed by atoms with E-state index in [4.69, 9.17) is 4.74 Å². The Bertz CT molecular complexity index is 508. The van der Waals surface area contributed by atoms with Crippen molar-refractivity contribution in [3.8, 4) is 0 Å². The molecule has 1 heterocycles. The molecule has 1 saturated carbocycles. The van der Waals surface area contributed by atoms with Gasteiger partial charge in [0.15, 0.2) is 0 Å². The number of benzene rings is 1. The zero-order chi connectivity index (χ0) is 16.1. The quantitative estimate of drug-likeness (QED) is 0.771. The summed E-state index contributed by atoms with van der Waals surface area (Å²) < 4.78 is 5.78. The second-order valence-electron chi connectivity index (χ2n) is 7.21. The second-order valence-corrected chi connectivity index (χ2v) is 7.21. The molecule has 2 fully saturated rings. The first kappa shape index (κ1) is 16.5. The van der Waals surface area contributed by atoms with Crippen LogP contribution in [0.15, 0.2) is 30.3 Å². The van der Waals surface area contributed by atoms with Crippen LogP contribution in [0.5, 0.6) is 0 Å². The maximum Gasteiger partial charge on any atom is 0.316 e. The number of esters is 1. The van der Waals surface area contributed by atoms with Crippen molar-refractivity contribution >= 4 is 5.97 Å². The molecule has 3 rings (SSSR count). The Kier molecular flexibility index (Phi) is 5.37. The van der Waals surface area contributed by atoms with Gasteiger partial charge in [-0.2, -0.15) is 0 Å². The van der Waals surface area contributed by atoms with E-state index >= 15 is 0 Å². The van der Waals surface area contributed by atoms with Crippen LogP contribution in [0, 0.1) is 0 Å². The van der Waals surface area contributed by atoms with Crippen molar-refractivity contribution in [2.45, 2.75) is 62.8 Å². The summed E-state index contributed by atoms with van der Waals surface area (Å²) in [6, 6.07) is 10.9. The summed E-state index contributed by atoms with van der Waals surface area (Å²) in [5, 5.41) is 0. The van der Waals surface area contributed by atoms with Gasteiger partial charge in [-0.25, -0.2) is 0 Å². The fraction of sp³-hybridized carbons (Fsp3) is 0.650. The molecule has 0 amide bonds. The van der Waals surface area contributed by atoms with Crippen LogP contribution < -0.4 is 0 Å². The first-order valence-corrected chi connectivity index (χ1v) is 9.15. The number of hydrogen-bond donors (Lipinski definition) is 0. The maximum absolute atomic E-state index is 12.9. The number of carbonyl (C=O) groups excluding carboxylic acids is 1. The average Bonchev–Trinajstić information content (AvgIpc) is 3.01. The lowest BCUT2D eigenvalue weighted by atomic mass is 9.69. The third kappa shape index (κ3) is 3.60. The molecule has 1 aliphatic carbocycles. The highest BCUT2D eigenvalue weighted by molar-refractivity contribution is 5.83. The fourth-order valence-corrected chi connectivity index (χ4v) is 4.29. The molecule has 1 aromatic rings. The largest absolute Gasteiger partial charge is 0.465 e. The minimum Gasteiger partial charge on any atom is -0.465 e. The topological polar surface area (TPSA) is 29.5 Å². The summed E-state index contributed by atoms with van der Waals surface area (Å²) in [6.45, 7) is 1.73. The van der Waals surface area contributed by atoms with E-state index < -0.39 is 5.41 Å². The second kappa shape index (κ2) is 7.48. The van der Waals surface area contributed by atoms with E-state index in [0.29, 0.717) is 12.6 Å². The van der Waals surface area contributed by atoms with Crippen LogP contribution in [0.1, 0.15) is 56.9 Å². The Balaban J connectivity index is 1.64. The van der Waals surface area contributed by atoms with Crippen molar-refractivity contribution in [1.29, 1.82) is 0 Å². The first-order valence-electron chi connectivity index (χ1n) is 9.15. The third-order valence-corrected chi connectivity index (χ3v) is 5.78. The van der Waals surface area contributed by atoms with Crippen LogP contribution in [0.25, 0.3) is 0 Å². The molecule has 126 valence electrons. The van der Waals surface area contributed by atoms with Gasteiger partial charge in [0, 0.05) is 6.04 Å². The van der Waals surface area contributed by atoms with Crippen molar-refractivity contribution < 1.29 is 9.53 Å². The summed E-state index contributed by atoms with van der Waals surface area (Å²) in [5.74, 6) is 0.00375. The van der Waals surface area contributed by atoms with E-state index in [9.17, 15) is 4.79 Å². The number of nitrogens with zero attached hydrogens (tertiary/aromatic N) is 1. The van der Waals surface area contributed by atoms with Gasteiger partial charge in [0.1, 0.15) is 0 Å². The Morgan fingerprint density at radius 3 is 2.57 bits per heavy atom. The highest BCUT2D eigenvalue weighted by atomic mass is 16.5. The Morgan fingerprint density at radius 2 is 1.91 bits per heavy atom. The Hall–Kier alpha value is -1.35. The third-order valence-electron chi connectivity index (χ3n) is 5.78. The molecule has 0 N–H and O–H groups in total. The lowest BCUT2D eigenvalue weighted by Crippen LogP contribution is -2.40. The normalized spacial score (nSPS) is 24.5. The van der Waals surface area contributed by atoms with E-state index in [1.54, 1.807) is 0 Å². The number of carbonyl (C=O) groups is 1. The average molecular weight is 315 g/mol. The monoisotopic (exact) mass is 315 g/mol. The van der Waals surface area contributed by atoms with Gasteiger partial charge in [0.2, 0.25) is 0 Å². The smallest absolute Gasteiger partial charge is 0.316 e. The molecule has 23 heavy (non-hydrogen) atoms. The van der Waals surface area contributed by atoms with Gasteiger partial charge < -0.3 is 9.64 Å². The van der Waals surface area contributed by atoms with Gasteiger partial charge >= 0.3 is 5.97 Å². The molecule has 0 bridgehead atoms. The van der Waals surface area contributed by atoms with Crippen molar-refractivity contribution in [2.24, 2.45) is 0 Å². The molecular formula is C20H29NO2.